The fraction of sp³-hybridized carbons (Fsp3) is 0.364. The van der Waals surface area contributed by atoms with E-state index in [0.29, 0.717) is 18.5 Å². The number of nitrogens with one attached hydrogen (secondary N) is 1. The molecule has 0 amide bonds. The van der Waals surface area contributed by atoms with Gasteiger partial charge in [-0.3, -0.25) is 10.1 Å². The highest BCUT2D eigenvalue weighted by atomic mass is 79.9. The van der Waals surface area contributed by atoms with Gasteiger partial charge < -0.3 is 9.47 Å². The predicted octanol–water partition coefficient (Wildman–Crippen LogP) is 4.28. The monoisotopic (exact) mass is 447 g/mol. The van der Waals surface area contributed by atoms with Crippen molar-refractivity contribution in [1.29, 1.82) is 0 Å². The van der Waals surface area contributed by atoms with Crippen molar-refractivity contribution in [2.75, 3.05) is 7.11 Å². The van der Waals surface area contributed by atoms with Crippen molar-refractivity contribution in [3.63, 3.8) is 0 Å². The Labute approximate surface area is 174 Å². The highest BCUT2D eigenvalue weighted by molar-refractivity contribution is 9.10. The Morgan fingerprint density at radius 1 is 1.07 bits per heavy atom. The van der Waals surface area contributed by atoms with E-state index >= 15 is 0 Å². The molecule has 0 bridgehead atoms. The van der Waals surface area contributed by atoms with Crippen LogP contribution in [0.1, 0.15) is 42.3 Å². The molecule has 2 aromatic carbocycles. The molecule has 6 heteroatoms. The topological polar surface area (TPSA) is 64.6 Å². The van der Waals surface area contributed by atoms with Gasteiger partial charge in [0.15, 0.2) is 0 Å². The van der Waals surface area contributed by atoms with Gasteiger partial charge >= 0.3 is 11.9 Å². The average molecular weight is 448 g/mol. The van der Waals surface area contributed by atoms with Crippen LogP contribution in [0.3, 0.4) is 0 Å². The fourth-order valence-electron chi connectivity index (χ4n) is 2.73. The lowest BCUT2D eigenvalue weighted by molar-refractivity contribution is -0.157. The summed E-state index contributed by atoms with van der Waals surface area (Å²) in [6, 6.07) is 14.5. The highest BCUT2D eigenvalue weighted by Crippen LogP contribution is 2.22. The minimum Gasteiger partial charge on any atom is -0.465 e. The van der Waals surface area contributed by atoms with Crippen LogP contribution in [0.4, 0.5) is 0 Å². The molecule has 1 unspecified atom stereocenters. The van der Waals surface area contributed by atoms with E-state index in [-0.39, 0.29) is 5.97 Å². The van der Waals surface area contributed by atoms with Gasteiger partial charge in [0.2, 0.25) is 0 Å². The van der Waals surface area contributed by atoms with E-state index in [1.54, 1.807) is 12.1 Å². The molecule has 2 aromatic rings. The molecule has 0 aliphatic heterocycles. The first-order chi connectivity index (χ1) is 13.2. The first-order valence-corrected chi connectivity index (χ1v) is 9.86. The van der Waals surface area contributed by atoms with Crippen molar-refractivity contribution >= 4 is 27.9 Å². The molecule has 1 atom stereocenters. The maximum absolute atomic E-state index is 12.8. The van der Waals surface area contributed by atoms with Crippen LogP contribution in [0.25, 0.3) is 0 Å². The second-order valence-corrected chi connectivity index (χ2v) is 8.27. The third-order valence-corrected chi connectivity index (χ3v) is 4.77. The summed E-state index contributed by atoms with van der Waals surface area (Å²) in [5, 5.41) is 3.25. The van der Waals surface area contributed by atoms with Crippen molar-refractivity contribution in [3.05, 3.63) is 69.7 Å². The van der Waals surface area contributed by atoms with E-state index in [1.165, 1.54) is 7.11 Å². The molecule has 0 saturated heterocycles. The molecule has 2 rings (SSSR count). The van der Waals surface area contributed by atoms with Crippen molar-refractivity contribution in [3.8, 4) is 0 Å². The van der Waals surface area contributed by atoms with Crippen LogP contribution in [0.2, 0.25) is 0 Å². The second kappa shape index (κ2) is 9.85. The fourth-order valence-corrected chi connectivity index (χ4v) is 3.23. The average Bonchev–Trinajstić information content (AvgIpc) is 2.64. The number of ether oxygens (including phenoxy) is 2. The van der Waals surface area contributed by atoms with Crippen molar-refractivity contribution in [2.45, 2.75) is 45.4 Å². The molecule has 150 valence electrons. The van der Waals surface area contributed by atoms with Gasteiger partial charge in [0.1, 0.15) is 11.6 Å². The summed E-state index contributed by atoms with van der Waals surface area (Å²) in [6.07, 6.45) is 0.480. The number of methoxy groups -OCH3 is 1. The van der Waals surface area contributed by atoms with E-state index in [4.69, 9.17) is 9.47 Å². The normalized spacial score (nSPS) is 12.3. The molecule has 0 saturated carbocycles. The van der Waals surface area contributed by atoms with E-state index in [9.17, 15) is 9.59 Å². The summed E-state index contributed by atoms with van der Waals surface area (Å²) in [5.41, 5.74) is 1.62. The molecular formula is C22H26BrNO4. The first kappa shape index (κ1) is 22.1. The Morgan fingerprint density at radius 3 is 2.36 bits per heavy atom. The molecule has 0 heterocycles. The van der Waals surface area contributed by atoms with Crippen LogP contribution in [0, 0.1) is 0 Å². The zero-order valence-corrected chi connectivity index (χ0v) is 18.2. The van der Waals surface area contributed by atoms with Crippen LogP contribution in [0.5, 0.6) is 0 Å². The Hall–Kier alpha value is -2.18. The third kappa shape index (κ3) is 6.46. The van der Waals surface area contributed by atoms with E-state index < -0.39 is 17.6 Å². The van der Waals surface area contributed by atoms with Crippen molar-refractivity contribution < 1.29 is 19.1 Å². The Balaban J connectivity index is 2.23. The van der Waals surface area contributed by atoms with Gasteiger partial charge in [0, 0.05) is 11.0 Å². The molecule has 0 fully saturated rings. The molecule has 5 nitrogen and oxygen atoms in total. The standard InChI is InChI=1S/C22H26BrNO4/c1-22(2,3)28-21(26)19(13-15-9-6-5-7-10-15)24-14-17-16(20(25)27-4)11-8-12-18(17)23/h5-12,19,24H,13-14H2,1-4H3. The quantitative estimate of drug-likeness (QED) is 0.641. The number of benzene rings is 2. The summed E-state index contributed by atoms with van der Waals surface area (Å²) in [6.45, 7) is 5.83. The lowest BCUT2D eigenvalue weighted by Crippen LogP contribution is -2.42. The van der Waals surface area contributed by atoms with Gasteiger partial charge in [0.25, 0.3) is 0 Å². The summed E-state index contributed by atoms with van der Waals surface area (Å²) in [7, 11) is 1.35. The smallest absolute Gasteiger partial charge is 0.338 e. The molecule has 28 heavy (non-hydrogen) atoms. The number of carbonyl (C=O) groups is 2. The highest BCUT2D eigenvalue weighted by Gasteiger charge is 2.26. The van der Waals surface area contributed by atoms with Crippen LogP contribution in [-0.2, 0) is 27.2 Å². The number of rotatable bonds is 7. The lowest BCUT2D eigenvalue weighted by atomic mass is 10.0. The maximum atomic E-state index is 12.8. The Kier molecular flexibility index (Phi) is 7.78. The third-order valence-electron chi connectivity index (χ3n) is 4.02. The summed E-state index contributed by atoms with van der Waals surface area (Å²) >= 11 is 3.48. The maximum Gasteiger partial charge on any atom is 0.338 e. The van der Waals surface area contributed by atoms with Gasteiger partial charge in [-0.1, -0.05) is 52.3 Å². The van der Waals surface area contributed by atoms with Crippen LogP contribution in [0.15, 0.2) is 53.0 Å². The second-order valence-electron chi connectivity index (χ2n) is 7.41. The van der Waals surface area contributed by atoms with Crippen molar-refractivity contribution in [2.24, 2.45) is 0 Å². The van der Waals surface area contributed by atoms with Crippen molar-refractivity contribution in [1.82, 2.24) is 5.32 Å². The van der Waals surface area contributed by atoms with E-state index in [2.05, 4.69) is 21.2 Å². The van der Waals surface area contributed by atoms with Gasteiger partial charge in [0.05, 0.1) is 12.7 Å². The number of halogens is 1. The van der Waals surface area contributed by atoms with Gasteiger partial charge in [-0.2, -0.15) is 0 Å². The number of hydrogen-bond donors (Lipinski definition) is 1. The summed E-state index contributed by atoms with van der Waals surface area (Å²) < 4.78 is 11.2. The minimum absolute atomic E-state index is 0.308. The van der Waals surface area contributed by atoms with E-state index in [0.717, 1.165) is 15.6 Å². The van der Waals surface area contributed by atoms with Gasteiger partial charge in [-0.15, -0.1) is 0 Å². The molecule has 1 N–H and O–H groups in total. The minimum atomic E-state index is -0.585. The van der Waals surface area contributed by atoms with Gasteiger partial charge in [-0.05, 0) is 50.5 Å². The SMILES string of the molecule is COC(=O)c1cccc(Br)c1CNC(Cc1ccccc1)C(=O)OC(C)(C)C. The summed E-state index contributed by atoms with van der Waals surface area (Å²) in [4.78, 5) is 24.8. The molecular weight excluding hydrogens is 422 g/mol. The number of carbonyl (C=O) groups excluding carboxylic acids is 2. The first-order valence-electron chi connectivity index (χ1n) is 9.07. The van der Waals surface area contributed by atoms with Crippen LogP contribution < -0.4 is 5.32 Å². The lowest BCUT2D eigenvalue weighted by Gasteiger charge is -2.25. The van der Waals surface area contributed by atoms with Crippen LogP contribution >= 0.6 is 15.9 Å². The number of hydrogen-bond acceptors (Lipinski definition) is 5. The Morgan fingerprint density at radius 2 is 1.75 bits per heavy atom. The zero-order chi connectivity index (χ0) is 20.7. The predicted molar refractivity (Wildman–Crippen MR) is 112 cm³/mol. The molecule has 0 aliphatic carbocycles. The van der Waals surface area contributed by atoms with Gasteiger partial charge in [-0.25, -0.2) is 4.79 Å². The molecule has 0 aliphatic rings. The van der Waals surface area contributed by atoms with E-state index in [1.807, 2.05) is 57.2 Å². The Bertz CT molecular complexity index is 815. The molecule has 0 radical (unpaired) electrons. The largest absolute Gasteiger partial charge is 0.465 e. The zero-order valence-electron chi connectivity index (χ0n) is 16.6. The molecule has 0 aromatic heterocycles. The summed E-state index contributed by atoms with van der Waals surface area (Å²) in [5.74, 6) is -0.752. The molecule has 0 spiro atoms. The number of esters is 2. The van der Waals surface area contributed by atoms with Crippen LogP contribution in [-0.4, -0.2) is 30.7 Å².